The second-order valence-electron chi connectivity index (χ2n) is 5.60. The van der Waals surface area contributed by atoms with Gasteiger partial charge >= 0.3 is 0 Å². The van der Waals surface area contributed by atoms with Gasteiger partial charge in [-0.15, -0.1) is 10.2 Å². The van der Waals surface area contributed by atoms with Crippen LogP contribution in [0.2, 0.25) is 10.0 Å². The minimum Gasteiger partial charge on any atom is -0.497 e. The average molecular weight is 455 g/mol. The molecule has 0 bridgehead atoms. The highest BCUT2D eigenvalue weighted by Gasteiger charge is 2.18. The lowest BCUT2D eigenvalue weighted by atomic mass is 10.3. The molecule has 6 nitrogen and oxygen atoms in total. The molecule has 10 heteroatoms. The van der Waals surface area contributed by atoms with Gasteiger partial charge in [0.2, 0.25) is 11.0 Å². The number of carbonyl (C=O) groups excluding carboxylic acids is 1. The molecule has 28 heavy (non-hydrogen) atoms. The van der Waals surface area contributed by atoms with Crippen molar-refractivity contribution in [2.24, 2.45) is 0 Å². The van der Waals surface area contributed by atoms with Gasteiger partial charge in [0.1, 0.15) is 5.75 Å². The largest absolute Gasteiger partial charge is 0.497 e. The number of methoxy groups -OCH3 is 1. The highest BCUT2D eigenvalue weighted by Crippen LogP contribution is 2.32. The van der Waals surface area contributed by atoms with E-state index in [1.807, 2.05) is 24.3 Å². The van der Waals surface area contributed by atoms with Crippen LogP contribution in [0.15, 0.2) is 46.8 Å². The van der Waals surface area contributed by atoms with Crippen LogP contribution in [0, 0.1) is 0 Å². The van der Waals surface area contributed by atoms with Crippen molar-refractivity contribution in [3.63, 3.8) is 0 Å². The Balaban J connectivity index is 1.58. The van der Waals surface area contributed by atoms with E-state index in [0.717, 1.165) is 11.4 Å². The Labute approximate surface area is 180 Å². The van der Waals surface area contributed by atoms with Crippen molar-refractivity contribution in [2.75, 3.05) is 17.7 Å². The maximum Gasteiger partial charge on any atom is 0.237 e. The van der Waals surface area contributed by atoms with E-state index in [0.29, 0.717) is 25.2 Å². The fourth-order valence-electron chi connectivity index (χ4n) is 2.14. The molecular formula is C18H16Cl2N4O2S2. The maximum absolute atomic E-state index is 12.4. The van der Waals surface area contributed by atoms with Crippen molar-refractivity contribution in [2.45, 2.75) is 16.5 Å². The molecule has 1 unspecified atom stereocenters. The summed E-state index contributed by atoms with van der Waals surface area (Å²) in [6.07, 6.45) is 0. The Kier molecular flexibility index (Phi) is 7.01. The fraction of sp³-hybridized carbons (Fsp3) is 0.167. The maximum atomic E-state index is 12.4. The van der Waals surface area contributed by atoms with Gasteiger partial charge in [0.25, 0.3) is 0 Å². The summed E-state index contributed by atoms with van der Waals surface area (Å²) in [5.74, 6) is 0.577. The van der Waals surface area contributed by atoms with Gasteiger partial charge < -0.3 is 15.4 Å². The van der Waals surface area contributed by atoms with Crippen LogP contribution in [-0.4, -0.2) is 28.5 Å². The van der Waals surface area contributed by atoms with Gasteiger partial charge in [-0.05, 0) is 49.4 Å². The van der Waals surface area contributed by atoms with Gasteiger partial charge in [-0.1, -0.05) is 46.3 Å². The highest BCUT2D eigenvalue weighted by atomic mass is 35.5. The molecule has 3 aromatic rings. The van der Waals surface area contributed by atoms with Crippen LogP contribution >= 0.6 is 46.3 Å². The molecule has 0 saturated heterocycles. The van der Waals surface area contributed by atoms with E-state index in [1.165, 1.54) is 23.1 Å². The van der Waals surface area contributed by atoms with Gasteiger partial charge in [0.05, 0.1) is 23.1 Å². The second kappa shape index (κ2) is 9.47. The zero-order chi connectivity index (χ0) is 20.1. The number of aromatic nitrogens is 2. The molecule has 2 N–H and O–H groups in total. The number of benzene rings is 2. The van der Waals surface area contributed by atoms with Crippen molar-refractivity contribution in [1.82, 2.24) is 10.2 Å². The molecule has 1 aromatic heterocycles. The van der Waals surface area contributed by atoms with E-state index in [1.54, 1.807) is 32.2 Å². The van der Waals surface area contributed by atoms with Crippen molar-refractivity contribution >= 4 is 68.7 Å². The first kappa shape index (κ1) is 20.7. The molecule has 1 heterocycles. The van der Waals surface area contributed by atoms with Crippen molar-refractivity contribution in [3.8, 4) is 5.75 Å². The first-order chi connectivity index (χ1) is 13.4. The molecule has 0 aliphatic carbocycles. The topological polar surface area (TPSA) is 76.1 Å². The SMILES string of the molecule is COc1ccc(Nc2nnc(SC(C)C(=O)Nc3cc(Cl)ccc3Cl)s2)cc1. The van der Waals surface area contributed by atoms with Crippen molar-refractivity contribution < 1.29 is 9.53 Å². The lowest BCUT2D eigenvalue weighted by Gasteiger charge is -2.11. The molecule has 0 aliphatic heterocycles. The Morgan fingerprint density at radius 1 is 1.18 bits per heavy atom. The molecule has 0 aliphatic rings. The molecule has 3 rings (SSSR count). The van der Waals surface area contributed by atoms with Gasteiger partial charge in [0.15, 0.2) is 4.34 Å². The van der Waals surface area contributed by atoms with Gasteiger partial charge in [-0.2, -0.15) is 0 Å². The Hall–Kier alpha value is -2.00. The summed E-state index contributed by atoms with van der Waals surface area (Å²) in [7, 11) is 1.62. The number of nitrogens with one attached hydrogen (secondary N) is 2. The zero-order valence-corrected chi connectivity index (χ0v) is 18.0. The molecule has 1 atom stereocenters. The standard InChI is InChI=1S/C18H16Cl2N4O2S2/c1-10(16(25)22-15-9-11(19)3-8-14(15)20)27-18-24-23-17(28-18)21-12-4-6-13(26-2)7-5-12/h3-10H,1-2H3,(H,21,23)(H,22,25). The minimum absolute atomic E-state index is 0.200. The summed E-state index contributed by atoms with van der Waals surface area (Å²) in [6.45, 7) is 1.79. The number of thioether (sulfide) groups is 1. The highest BCUT2D eigenvalue weighted by molar-refractivity contribution is 8.02. The van der Waals surface area contributed by atoms with E-state index in [9.17, 15) is 4.79 Å². The average Bonchev–Trinajstić information content (AvgIpc) is 3.12. The zero-order valence-electron chi connectivity index (χ0n) is 14.9. The molecule has 0 saturated carbocycles. The number of nitrogens with zero attached hydrogens (tertiary/aromatic N) is 2. The Morgan fingerprint density at radius 3 is 2.64 bits per heavy atom. The molecule has 0 spiro atoms. The first-order valence-electron chi connectivity index (χ1n) is 8.12. The van der Waals surface area contributed by atoms with Crippen LogP contribution in [0.1, 0.15) is 6.92 Å². The lowest BCUT2D eigenvalue weighted by Crippen LogP contribution is -2.22. The van der Waals surface area contributed by atoms with Gasteiger partial charge in [-0.25, -0.2) is 0 Å². The minimum atomic E-state index is -0.392. The number of halogens is 2. The molecule has 146 valence electrons. The smallest absolute Gasteiger partial charge is 0.237 e. The number of rotatable bonds is 7. The Bertz CT molecular complexity index is 966. The van der Waals surface area contributed by atoms with E-state index >= 15 is 0 Å². The monoisotopic (exact) mass is 454 g/mol. The fourth-order valence-corrected chi connectivity index (χ4v) is 4.39. The van der Waals surface area contributed by atoms with Gasteiger partial charge in [0, 0.05) is 10.7 Å². The number of amides is 1. The predicted octanol–water partition coefficient (Wildman–Crippen LogP) is 5.72. The normalized spacial score (nSPS) is 11.7. The first-order valence-corrected chi connectivity index (χ1v) is 10.6. The summed E-state index contributed by atoms with van der Waals surface area (Å²) >= 11 is 14.7. The van der Waals surface area contributed by atoms with Crippen LogP contribution in [0.3, 0.4) is 0 Å². The predicted molar refractivity (Wildman–Crippen MR) is 117 cm³/mol. The second-order valence-corrected chi connectivity index (χ2v) is 9.01. The summed E-state index contributed by atoms with van der Waals surface area (Å²) in [6, 6.07) is 12.4. The van der Waals surface area contributed by atoms with Crippen molar-refractivity contribution in [3.05, 3.63) is 52.5 Å². The van der Waals surface area contributed by atoms with Crippen LogP contribution in [0.4, 0.5) is 16.5 Å². The van der Waals surface area contributed by atoms with Crippen LogP contribution < -0.4 is 15.4 Å². The molecule has 0 fully saturated rings. The summed E-state index contributed by atoms with van der Waals surface area (Å²) in [4.78, 5) is 12.4. The van der Waals surface area contributed by atoms with Gasteiger partial charge in [-0.3, -0.25) is 4.79 Å². The molecular weight excluding hydrogens is 439 g/mol. The third-order valence-corrected chi connectivity index (χ3v) is 6.17. The number of carbonyl (C=O) groups is 1. The molecule has 1 amide bonds. The molecule has 2 aromatic carbocycles. The van der Waals surface area contributed by atoms with E-state index in [-0.39, 0.29) is 5.91 Å². The van der Waals surface area contributed by atoms with E-state index in [2.05, 4.69) is 20.8 Å². The quantitative estimate of drug-likeness (QED) is 0.444. The number of hydrogen-bond donors (Lipinski definition) is 2. The van der Waals surface area contributed by atoms with Crippen LogP contribution in [-0.2, 0) is 4.79 Å². The summed E-state index contributed by atoms with van der Waals surface area (Å²) in [5.41, 5.74) is 1.35. The van der Waals surface area contributed by atoms with Crippen LogP contribution in [0.5, 0.6) is 5.75 Å². The summed E-state index contributed by atoms with van der Waals surface area (Å²) in [5, 5.41) is 15.4. The van der Waals surface area contributed by atoms with Crippen molar-refractivity contribution in [1.29, 1.82) is 0 Å². The van der Waals surface area contributed by atoms with E-state index < -0.39 is 5.25 Å². The third kappa shape index (κ3) is 5.51. The molecule has 0 radical (unpaired) electrons. The number of ether oxygens (including phenoxy) is 1. The third-order valence-electron chi connectivity index (χ3n) is 3.58. The van der Waals surface area contributed by atoms with E-state index in [4.69, 9.17) is 27.9 Å². The summed E-state index contributed by atoms with van der Waals surface area (Å²) < 4.78 is 5.81. The number of hydrogen-bond acceptors (Lipinski definition) is 7. The number of anilines is 3. The Morgan fingerprint density at radius 2 is 1.93 bits per heavy atom. The van der Waals surface area contributed by atoms with Crippen LogP contribution in [0.25, 0.3) is 0 Å². The lowest BCUT2D eigenvalue weighted by molar-refractivity contribution is -0.115.